The summed E-state index contributed by atoms with van der Waals surface area (Å²) >= 11 is 0. The van der Waals surface area contributed by atoms with Gasteiger partial charge in [0.1, 0.15) is 0 Å². The highest BCUT2D eigenvalue weighted by atomic mass is 15.0. The molecule has 48 valence electrons. The second-order valence-corrected chi connectivity index (χ2v) is 2.14. The summed E-state index contributed by atoms with van der Waals surface area (Å²) in [4.78, 5) is 0. The first-order chi connectivity index (χ1) is 4.38. The monoisotopic (exact) mass is 122 g/mol. The molecule has 0 amide bonds. The van der Waals surface area contributed by atoms with Crippen LogP contribution in [0.3, 0.4) is 0 Å². The third-order valence-corrected chi connectivity index (χ3v) is 1.61. The molecule has 0 fully saturated rings. The van der Waals surface area contributed by atoms with Crippen molar-refractivity contribution in [2.45, 2.75) is 19.3 Å². The SMILES string of the molecule is C=CC1=C(N=N)CCC1. The van der Waals surface area contributed by atoms with Crippen LogP contribution in [-0.2, 0) is 0 Å². The Morgan fingerprint density at radius 1 is 1.56 bits per heavy atom. The fourth-order valence-corrected chi connectivity index (χ4v) is 1.10. The fraction of sp³-hybridized carbons (Fsp3) is 0.429. The van der Waals surface area contributed by atoms with E-state index in [2.05, 4.69) is 11.7 Å². The van der Waals surface area contributed by atoms with E-state index in [9.17, 15) is 0 Å². The summed E-state index contributed by atoms with van der Waals surface area (Å²) < 4.78 is 0. The lowest BCUT2D eigenvalue weighted by molar-refractivity contribution is 0.874. The summed E-state index contributed by atoms with van der Waals surface area (Å²) in [5.74, 6) is 0. The Labute approximate surface area is 54.8 Å². The number of hydrogen-bond donors (Lipinski definition) is 1. The number of allylic oxidation sites excluding steroid dienone is 3. The summed E-state index contributed by atoms with van der Waals surface area (Å²) in [5.41, 5.74) is 8.83. The van der Waals surface area contributed by atoms with Crippen molar-refractivity contribution in [2.24, 2.45) is 5.11 Å². The molecule has 1 rings (SSSR count). The van der Waals surface area contributed by atoms with Crippen LogP contribution in [0.4, 0.5) is 0 Å². The molecule has 0 aromatic rings. The van der Waals surface area contributed by atoms with Crippen LogP contribution < -0.4 is 0 Å². The minimum absolute atomic E-state index is 0.921. The van der Waals surface area contributed by atoms with Crippen LogP contribution in [0.5, 0.6) is 0 Å². The Balaban J connectivity index is 2.81. The maximum Gasteiger partial charge on any atom is 0.0655 e. The first-order valence-corrected chi connectivity index (χ1v) is 3.10. The molecule has 0 aliphatic heterocycles. The van der Waals surface area contributed by atoms with Crippen LogP contribution in [-0.4, -0.2) is 0 Å². The highest BCUT2D eigenvalue weighted by molar-refractivity contribution is 5.26. The topological polar surface area (TPSA) is 36.2 Å². The number of rotatable bonds is 2. The van der Waals surface area contributed by atoms with E-state index in [1.54, 1.807) is 6.08 Å². The molecule has 1 N–H and O–H groups in total. The summed E-state index contributed by atoms with van der Waals surface area (Å²) in [7, 11) is 0. The van der Waals surface area contributed by atoms with Crippen LogP contribution in [0.1, 0.15) is 19.3 Å². The second kappa shape index (κ2) is 2.58. The zero-order valence-electron chi connectivity index (χ0n) is 5.35. The van der Waals surface area contributed by atoms with Crippen molar-refractivity contribution < 1.29 is 0 Å². The van der Waals surface area contributed by atoms with Crippen LogP contribution in [0.15, 0.2) is 29.0 Å². The van der Waals surface area contributed by atoms with Crippen molar-refractivity contribution in [1.82, 2.24) is 0 Å². The molecule has 1 aliphatic carbocycles. The van der Waals surface area contributed by atoms with Crippen LogP contribution >= 0.6 is 0 Å². The van der Waals surface area contributed by atoms with Gasteiger partial charge in [-0.2, -0.15) is 5.11 Å². The minimum Gasteiger partial charge on any atom is -0.205 e. The molecule has 2 heteroatoms. The van der Waals surface area contributed by atoms with Gasteiger partial charge in [0.25, 0.3) is 0 Å². The van der Waals surface area contributed by atoms with Crippen LogP contribution in [0.2, 0.25) is 0 Å². The fourth-order valence-electron chi connectivity index (χ4n) is 1.10. The van der Waals surface area contributed by atoms with Crippen molar-refractivity contribution in [1.29, 1.82) is 5.53 Å². The average molecular weight is 122 g/mol. The Bertz CT molecular complexity index is 150. The molecule has 0 atom stereocenters. The van der Waals surface area contributed by atoms with Crippen molar-refractivity contribution in [3.05, 3.63) is 23.9 Å². The molecular weight excluding hydrogens is 112 g/mol. The van der Waals surface area contributed by atoms with Gasteiger partial charge in [-0.15, -0.1) is 0 Å². The molecule has 2 nitrogen and oxygen atoms in total. The summed E-state index contributed by atoms with van der Waals surface area (Å²) in [6, 6.07) is 0. The Hall–Kier alpha value is -0.920. The second-order valence-electron chi connectivity index (χ2n) is 2.14. The van der Waals surface area contributed by atoms with Crippen molar-refractivity contribution >= 4 is 0 Å². The Morgan fingerprint density at radius 3 is 2.78 bits per heavy atom. The highest BCUT2D eigenvalue weighted by Crippen LogP contribution is 2.26. The maximum atomic E-state index is 6.75. The van der Waals surface area contributed by atoms with Gasteiger partial charge < -0.3 is 0 Å². The molecule has 0 heterocycles. The zero-order valence-corrected chi connectivity index (χ0v) is 5.35. The smallest absolute Gasteiger partial charge is 0.0655 e. The summed E-state index contributed by atoms with van der Waals surface area (Å²) in [6.45, 7) is 3.64. The average Bonchev–Trinajstić information content (AvgIpc) is 2.33. The Morgan fingerprint density at radius 2 is 2.33 bits per heavy atom. The number of nitrogens with zero attached hydrogens (tertiary/aromatic N) is 1. The summed E-state index contributed by atoms with van der Waals surface area (Å²) in [5, 5.41) is 3.40. The quantitative estimate of drug-likeness (QED) is 0.546. The van der Waals surface area contributed by atoms with Gasteiger partial charge in [0.2, 0.25) is 0 Å². The van der Waals surface area contributed by atoms with Gasteiger partial charge in [0.05, 0.1) is 5.70 Å². The van der Waals surface area contributed by atoms with Gasteiger partial charge in [0.15, 0.2) is 0 Å². The Kier molecular flexibility index (Phi) is 1.78. The molecular formula is C7H10N2. The van der Waals surface area contributed by atoms with Crippen molar-refractivity contribution in [2.75, 3.05) is 0 Å². The largest absolute Gasteiger partial charge is 0.205 e. The normalized spacial score (nSPS) is 18.2. The van der Waals surface area contributed by atoms with Gasteiger partial charge in [-0.25, -0.2) is 5.53 Å². The molecule has 0 radical (unpaired) electrons. The predicted octanol–water partition coefficient (Wildman–Crippen LogP) is 2.64. The van der Waals surface area contributed by atoms with E-state index in [1.807, 2.05) is 0 Å². The highest BCUT2D eigenvalue weighted by Gasteiger charge is 2.09. The van der Waals surface area contributed by atoms with Crippen molar-refractivity contribution in [3.8, 4) is 0 Å². The van der Waals surface area contributed by atoms with Gasteiger partial charge in [0, 0.05) is 0 Å². The van der Waals surface area contributed by atoms with E-state index in [-0.39, 0.29) is 0 Å². The maximum absolute atomic E-state index is 6.75. The molecule has 1 aliphatic rings. The molecule has 0 unspecified atom stereocenters. The number of hydrogen-bond acceptors (Lipinski definition) is 2. The van der Waals surface area contributed by atoms with Crippen molar-refractivity contribution in [3.63, 3.8) is 0 Å². The molecule has 0 aromatic heterocycles. The predicted molar refractivity (Wildman–Crippen MR) is 36.2 cm³/mol. The molecule has 9 heavy (non-hydrogen) atoms. The van der Waals surface area contributed by atoms with Gasteiger partial charge in [-0.05, 0) is 24.8 Å². The lowest BCUT2D eigenvalue weighted by atomic mass is 10.2. The van der Waals surface area contributed by atoms with E-state index >= 15 is 0 Å². The standard InChI is InChI=1S/C7H10N2/c1-2-6-4-3-5-7(6)9-8/h2,8H,1,3-5H2. The lowest BCUT2D eigenvalue weighted by Crippen LogP contribution is -1.71. The summed E-state index contributed by atoms with van der Waals surface area (Å²) in [6.07, 6.45) is 4.96. The zero-order chi connectivity index (χ0) is 6.69. The molecule has 0 bridgehead atoms. The molecule has 0 saturated heterocycles. The van der Waals surface area contributed by atoms with Crippen LogP contribution in [0.25, 0.3) is 0 Å². The third kappa shape index (κ3) is 1.07. The van der Waals surface area contributed by atoms with Gasteiger partial charge in [-0.1, -0.05) is 12.7 Å². The first-order valence-electron chi connectivity index (χ1n) is 3.10. The molecule has 0 spiro atoms. The van der Waals surface area contributed by atoms with Gasteiger partial charge >= 0.3 is 0 Å². The minimum atomic E-state index is 0.921. The van der Waals surface area contributed by atoms with E-state index in [0.717, 1.165) is 30.5 Å². The van der Waals surface area contributed by atoms with E-state index in [0.29, 0.717) is 0 Å². The third-order valence-electron chi connectivity index (χ3n) is 1.61. The molecule has 0 aromatic carbocycles. The van der Waals surface area contributed by atoms with E-state index in [1.165, 1.54) is 0 Å². The number of nitrogens with one attached hydrogen (secondary N) is 1. The molecule has 0 saturated carbocycles. The van der Waals surface area contributed by atoms with Crippen LogP contribution in [0, 0.1) is 5.53 Å². The van der Waals surface area contributed by atoms with E-state index in [4.69, 9.17) is 5.53 Å². The first kappa shape index (κ1) is 6.20. The lowest BCUT2D eigenvalue weighted by Gasteiger charge is -1.89. The van der Waals surface area contributed by atoms with Gasteiger partial charge in [-0.3, -0.25) is 0 Å². The van der Waals surface area contributed by atoms with E-state index < -0.39 is 0 Å².